The van der Waals surface area contributed by atoms with E-state index in [-0.39, 0.29) is 12.1 Å². The number of carbonyl (C=O) groups is 1. The quantitative estimate of drug-likeness (QED) is 0.589. The standard InChI is InChI=1S/C11H7FN2O/c1-13-6-11(15)8-4-7-2-3-14-10(7)5-9(8)12/h2-5,14H,6H2. The van der Waals surface area contributed by atoms with Crippen molar-refractivity contribution in [2.24, 2.45) is 0 Å². The van der Waals surface area contributed by atoms with Crippen molar-refractivity contribution in [3.05, 3.63) is 47.2 Å². The molecule has 0 aliphatic rings. The molecular weight excluding hydrogens is 195 g/mol. The summed E-state index contributed by atoms with van der Waals surface area (Å²) in [6, 6.07) is 4.49. The molecule has 0 fully saturated rings. The van der Waals surface area contributed by atoms with Crippen molar-refractivity contribution in [3.63, 3.8) is 0 Å². The van der Waals surface area contributed by atoms with Crippen LogP contribution in [0.15, 0.2) is 24.4 Å². The van der Waals surface area contributed by atoms with Crippen LogP contribution in [0.25, 0.3) is 15.7 Å². The third-order valence-electron chi connectivity index (χ3n) is 2.16. The van der Waals surface area contributed by atoms with Crippen LogP contribution < -0.4 is 0 Å². The summed E-state index contributed by atoms with van der Waals surface area (Å²) in [7, 11) is 0. The third kappa shape index (κ3) is 1.59. The Balaban J connectivity index is 2.56. The number of Topliss-reactive ketones (excluding diaryl/α,β-unsaturated/α-hetero) is 1. The first-order valence-corrected chi connectivity index (χ1v) is 4.35. The molecule has 0 radical (unpaired) electrons. The van der Waals surface area contributed by atoms with E-state index in [4.69, 9.17) is 6.57 Å². The molecule has 0 amide bonds. The van der Waals surface area contributed by atoms with Crippen molar-refractivity contribution in [1.29, 1.82) is 0 Å². The van der Waals surface area contributed by atoms with Crippen LogP contribution in [0.2, 0.25) is 0 Å². The van der Waals surface area contributed by atoms with Crippen LogP contribution in [0.3, 0.4) is 0 Å². The van der Waals surface area contributed by atoms with Gasteiger partial charge >= 0.3 is 0 Å². The van der Waals surface area contributed by atoms with Gasteiger partial charge in [-0.25, -0.2) is 11.0 Å². The molecule has 1 aromatic heterocycles. The first-order chi connectivity index (χ1) is 7.22. The van der Waals surface area contributed by atoms with E-state index in [2.05, 4.69) is 9.83 Å². The Hall–Kier alpha value is -2.15. The molecule has 0 atom stereocenters. The smallest absolute Gasteiger partial charge is 0.276 e. The van der Waals surface area contributed by atoms with Gasteiger partial charge in [-0.05, 0) is 18.2 Å². The first-order valence-electron chi connectivity index (χ1n) is 4.35. The highest BCUT2D eigenvalue weighted by Crippen LogP contribution is 2.18. The number of H-pyrrole nitrogens is 1. The van der Waals surface area contributed by atoms with Gasteiger partial charge in [-0.1, -0.05) is 0 Å². The second kappa shape index (κ2) is 3.54. The maximum atomic E-state index is 13.4. The van der Waals surface area contributed by atoms with Gasteiger partial charge in [-0.3, -0.25) is 4.79 Å². The van der Waals surface area contributed by atoms with Crippen molar-refractivity contribution >= 4 is 16.7 Å². The van der Waals surface area contributed by atoms with Crippen molar-refractivity contribution in [3.8, 4) is 0 Å². The predicted octanol–water partition coefficient (Wildman–Crippen LogP) is 2.41. The fraction of sp³-hybridized carbons (Fsp3) is 0.0909. The number of nitrogens with one attached hydrogen (secondary N) is 1. The number of ketones is 1. The summed E-state index contributed by atoms with van der Waals surface area (Å²) in [5.74, 6) is -1.07. The molecule has 2 rings (SSSR count). The molecule has 15 heavy (non-hydrogen) atoms. The number of rotatable bonds is 2. The van der Waals surface area contributed by atoms with Crippen molar-refractivity contribution in [2.75, 3.05) is 6.54 Å². The Morgan fingerprint density at radius 1 is 1.53 bits per heavy atom. The number of halogens is 1. The molecule has 1 heterocycles. The number of aromatic nitrogens is 1. The number of carbonyl (C=O) groups excluding carboxylic acids is 1. The minimum Gasteiger partial charge on any atom is -0.361 e. The fourth-order valence-corrected chi connectivity index (χ4v) is 1.44. The number of hydrogen-bond donors (Lipinski definition) is 1. The molecule has 1 N–H and O–H groups in total. The zero-order valence-corrected chi connectivity index (χ0v) is 7.75. The van der Waals surface area contributed by atoms with Crippen LogP contribution in [0, 0.1) is 12.4 Å². The van der Waals surface area contributed by atoms with Crippen LogP contribution in [0.5, 0.6) is 0 Å². The van der Waals surface area contributed by atoms with Crippen LogP contribution >= 0.6 is 0 Å². The van der Waals surface area contributed by atoms with Crippen molar-refractivity contribution < 1.29 is 9.18 Å². The predicted molar refractivity (Wildman–Crippen MR) is 54.1 cm³/mol. The van der Waals surface area contributed by atoms with Crippen LogP contribution in [0.4, 0.5) is 4.39 Å². The molecular formula is C11H7FN2O. The average molecular weight is 202 g/mol. The molecule has 1 aromatic carbocycles. The zero-order valence-electron chi connectivity index (χ0n) is 7.75. The number of fused-ring (bicyclic) bond motifs is 1. The van der Waals surface area contributed by atoms with Gasteiger partial charge in [0.25, 0.3) is 6.54 Å². The Bertz CT molecular complexity index is 565. The summed E-state index contributed by atoms with van der Waals surface area (Å²) in [5, 5.41) is 0.768. The van der Waals surface area contributed by atoms with Gasteiger partial charge in [-0.15, -0.1) is 0 Å². The van der Waals surface area contributed by atoms with E-state index in [1.54, 1.807) is 12.3 Å². The van der Waals surface area contributed by atoms with Gasteiger partial charge in [0.05, 0.1) is 5.56 Å². The van der Waals surface area contributed by atoms with Gasteiger partial charge in [0.1, 0.15) is 5.82 Å². The summed E-state index contributed by atoms with van der Waals surface area (Å²) in [4.78, 5) is 17.2. The molecule has 0 aliphatic heterocycles. The van der Waals surface area contributed by atoms with Crippen molar-refractivity contribution in [2.45, 2.75) is 0 Å². The van der Waals surface area contributed by atoms with Gasteiger partial charge in [0, 0.05) is 17.1 Å². The minimum atomic E-state index is -0.585. The highest BCUT2D eigenvalue weighted by molar-refractivity contribution is 6.01. The number of hydrogen-bond acceptors (Lipinski definition) is 1. The molecule has 4 heteroatoms. The van der Waals surface area contributed by atoms with E-state index in [0.29, 0.717) is 5.52 Å². The lowest BCUT2D eigenvalue weighted by molar-refractivity contribution is 0.101. The van der Waals surface area contributed by atoms with E-state index < -0.39 is 11.6 Å². The van der Waals surface area contributed by atoms with Crippen molar-refractivity contribution in [1.82, 2.24) is 4.98 Å². The zero-order chi connectivity index (χ0) is 10.8. The molecule has 0 saturated heterocycles. The SMILES string of the molecule is [C-]#[N+]CC(=O)c1cc2cc[nH]c2cc1F. The molecule has 0 aliphatic carbocycles. The Kier molecular flexibility index (Phi) is 2.22. The molecule has 3 nitrogen and oxygen atoms in total. The molecule has 0 saturated carbocycles. The van der Waals surface area contributed by atoms with E-state index in [1.165, 1.54) is 12.1 Å². The molecule has 0 bridgehead atoms. The lowest BCUT2D eigenvalue weighted by Gasteiger charge is -1.98. The Labute approximate surface area is 85.3 Å². The van der Waals surface area contributed by atoms with Gasteiger partial charge < -0.3 is 9.83 Å². The lowest BCUT2D eigenvalue weighted by atomic mass is 10.1. The van der Waals surface area contributed by atoms with Gasteiger partial charge in [0.2, 0.25) is 5.78 Å². The maximum absolute atomic E-state index is 13.4. The Morgan fingerprint density at radius 3 is 3.07 bits per heavy atom. The fourth-order valence-electron chi connectivity index (χ4n) is 1.44. The summed E-state index contributed by atoms with van der Waals surface area (Å²) in [5.41, 5.74) is 0.630. The average Bonchev–Trinajstić information content (AvgIpc) is 2.63. The van der Waals surface area contributed by atoms with Crippen LogP contribution in [-0.2, 0) is 0 Å². The summed E-state index contributed by atoms with van der Waals surface area (Å²) >= 11 is 0. The first kappa shape index (κ1) is 9.41. The summed E-state index contributed by atoms with van der Waals surface area (Å²) in [6.45, 7) is 6.25. The molecule has 74 valence electrons. The summed E-state index contributed by atoms with van der Waals surface area (Å²) in [6.07, 6.45) is 1.67. The van der Waals surface area contributed by atoms with Crippen LogP contribution in [0.1, 0.15) is 10.4 Å². The number of benzene rings is 1. The normalized spacial score (nSPS) is 10.1. The van der Waals surface area contributed by atoms with Gasteiger partial charge in [-0.2, -0.15) is 0 Å². The number of aromatic amines is 1. The monoisotopic (exact) mass is 202 g/mol. The largest absolute Gasteiger partial charge is 0.361 e. The molecule has 0 unspecified atom stereocenters. The molecule has 0 spiro atoms. The second-order valence-electron chi connectivity index (χ2n) is 3.14. The lowest BCUT2D eigenvalue weighted by Crippen LogP contribution is -2.04. The Morgan fingerprint density at radius 2 is 2.33 bits per heavy atom. The minimum absolute atomic E-state index is 0.0156. The molecule has 2 aromatic rings. The van der Waals surface area contributed by atoms with E-state index >= 15 is 0 Å². The third-order valence-corrected chi connectivity index (χ3v) is 2.16. The number of nitrogens with zero attached hydrogens (tertiary/aromatic N) is 1. The second-order valence-corrected chi connectivity index (χ2v) is 3.14. The van der Waals surface area contributed by atoms with E-state index in [1.807, 2.05) is 0 Å². The summed E-state index contributed by atoms with van der Waals surface area (Å²) < 4.78 is 13.4. The van der Waals surface area contributed by atoms with Crippen LogP contribution in [-0.4, -0.2) is 17.3 Å². The van der Waals surface area contributed by atoms with E-state index in [0.717, 1.165) is 5.39 Å². The van der Waals surface area contributed by atoms with Gasteiger partial charge in [0.15, 0.2) is 0 Å². The maximum Gasteiger partial charge on any atom is 0.276 e. The highest BCUT2D eigenvalue weighted by atomic mass is 19.1. The highest BCUT2D eigenvalue weighted by Gasteiger charge is 2.15. The van der Waals surface area contributed by atoms with E-state index in [9.17, 15) is 9.18 Å². The topological polar surface area (TPSA) is 37.2 Å².